The summed E-state index contributed by atoms with van der Waals surface area (Å²) in [7, 11) is 0. The second-order valence-corrected chi connectivity index (χ2v) is 4.53. The van der Waals surface area contributed by atoms with Crippen LogP contribution in [0.2, 0.25) is 0 Å². The Bertz CT molecular complexity index is 646. The van der Waals surface area contributed by atoms with Gasteiger partial charge in [0.2, 0.25) is 0 Å². The number of nitrogens with zero attached hydrogens (tertiary/aromatic N) is 3. The van der Waals surface area contributed by atoms with E-state index in [1.165, 1.54) is 5.56 Å². The van der Waals surface area contributed by atoms with Gasteiger partial charge >= 0.3 is 0 Å². The lowest BCUT2D eigenvalue weighted by Crippen LogP contribution is -1.99. The first-order valence-corrected chi connectivity index (χ1v) is 6.13. The quantitative estimate of drug-likeness (QED) is 0.724. The van der Waals surface area contributed by atoms with Gasteiger partial charge in [-0.25, -0.2) is 4.98 Å². The van der Waals surface area contributed by atoms with Crippen LogP contribution in [0, 0.1) is 0 Å². The highest BCUT2D eigenvalue weighted by Gasteiger charge is 2.08. The molecule has 0 aliphatic carbocycles. The highest BCUT2D eigenvalue weighted by atomic mass is 79.9. The summed E-state index contributed by atoms with van der Waals surface area (Å²) >= 11 is 3.49. The van der Waals surface area contributed by atoms with Crippen LogP contribution >= 0.6 is 15.9 Å². The van der Waals surface area contributed by atoms with Crippen molar-refractivity contribution in [3.8, 4) is 0 Å². The van der Waals surface area contributed by atoms with Crippen LogP contribution in [0.4, 0.5) is 0 Å². The standard InChI is InChI=1S/C13H10BrN3/c14-13-16-11-6-7-15-8-12(11)17(13)9-10-4-2-1-3-5-10/h1-8H,9H2. The summed E-state index contributed by atoms with van der Waals surface area (Å²) in [5, 5.41) is 0. The number of hydrogen-bond acceptors (Lipinski definition) is 2. The Balaban J connectivity index is 2.08. The molecular formula is C13H10BrN3. The molecule has 17 heavy (non-hydrogen) atoms. The fourth-order valence-corrected chi connectivity index (χ4v) is 2.36. The number of halogens is 1. The Labute approximate surface area is 107 Å². The number of benzene rings is 1. The smallest absolute Gasteiger partial charge is 0.178 e. The summed E-state index contributed by atoms with van der Waals surface area (Å²) < 4.78 is 2.95. The minimum atomic E-state index is 0.795. The molecule has 84 valence electrons. The SMILES string of the molecule is Brc1nc2ccncc2n1Cc1ccccc1. The third-order valence-corrected chi connectivity index (χ3v) is 3.29. The summed E-state index contributed by atoms with van der Waals surface area (Å²) in [5.41, 5.74) is 3.25. The Morgan fingerprint density at radius 3 is 2.76 bits per heavy atom. The molecule has 3 aromatic rings. The molecule has 0 bridgehead atoms. The lowest BCUT2D eigenvalue weighted by Gasteiger charge is -2.05. The second kappa shape index (κ2) is 4.30. The van der Waals surface area contributed by atoms with Gasteiger partial charge < -0.3 is 4.57 Å². The average molecular weight is 288 g/mol. The molecule has 0 aliphatic rings. The van der Waals surface area contributed by atoms with E-state index in [0.717, 1.165) is 22.3 Å². The molecule has 0 saturated heterocycles. The Morgan fingerprint density at radius 2 is 1.94 bits per heavy atom. The molecule has 0 fully saturated rings. The van der Waals surface area contributed by atoms with E-state index >= 15 is 0 Å². The summed E-state index contributed by atoms with van der Waals surface area (Å²) in [6.45, 7) is 0.795. The van der Waals surface area contributed by atoms with E-state index in [-0.39, 0.29) is 0 Å². The van der Waals surface area contributed by atoms with Gasteiger partial charge in [-0.1, -0.05) is 30.3 Å². The van der Waals surface area contributed by atoms with Crippen LogP contribution in [0.25, 0.3) is 11.0 Å². The van der Waals surface area contributed by atoms with Gasteiger partial charge in [0, 0.05) is 6.20 Å². The molecule has 0 spiro atoms. The highest BCUT2D eigenvalue weighted by molar-refractivity contribution is 9.10. The summed E-state index contributed by atoms with van der Waals surface area (Å²) in [4.78, 5) is 8.60. The van der Waals surface area contributed by atoms with Crippen molar-refractivity contribution in [1.29, 1.82) is 0 Å². The first-order chi connectivity index (χ1) is 8.34. The van der Waals surface area contributed by atoms with Gasteiger partial charge in [-0.05, 0) is 27.6 Å². The van der Waals surface area contributed by atoms with Gasteiger partial charge in [0.05, 0.1) is 23.8 Å². The first-order valence-electron chi connectivity index (χ1n) is 5.34. The predicted octanol–water partition coefficient (Wildman–Crippen LogP) is 3.24. The van der Waals surface area contributed by atoms with Crippen LogP contribution < -0.4 is 0 Å². The van der Waals surface area contributed by atoms with Crippen LogP contribution in [0.3, 0.4) is 0 Å². The average Bonchev–Trinajstić information content (AvgIpc) is 2.68. The largest absolute Gasteiger partial charge is 0.313 e. The Hall–Kier alpha value is -1.68. The zero-order chi connectivity index (χ0) is 11.7. The fourth-order valence-electron chi connectivity index (χ4n) is 1.86. The lowest BCUT2D eigenvalue weighted by molar-refractivity contribution is 0.799. The first kappa shape index (κ1) is 10.5. The molecule has 2 heterocycles. The minimum Gasteiger partial charge on any atom is -0.313 e. The molecule has 0 N–H and O–H groups in total. The normalized spacial score (nSPS) is 10.9. The van der Waals surface area contributed by atoms with Crippen LogP contribution in [-0.2, 0) is 6.54 Å². The molecule has 0 amide bonds. The maximum absolute atomic E-state index is 4.45. The topological polar surface area (TPSA) is 30.7 Å². The van der Waals surface area contributed by atoms with Crippen LogP contribution in [-0.4, -0.2) is 14.5 Å². The molecule has 1 aromatic carbocycles. The number of aromatic nitrogens is 3. The zero-order valence-corrected chi connectivity index (χ0v) is 10.6. The molecule has 0 radical (unpaired) electrons. The molecule has 0 atom stereocenters. The molecule has 2 aromatic heterocycles. The third-order valence-electron chi connectivity index (χ3n) is 2.69. The Morgan fingerprint density at radius 1 is 1.12 bits per heavy atom. The van der Waals surface area contributed by atoms with E-state index in [1.54, 1.807) is 6.20 Å². The van der Waals surface area contributed by atoms with Crippen molar-refractivity contribution in [1.82, 2.24) is 14.5 Å². The van der Waals surface area contributed by atoms with Crippen LogP contribution in [0.1, 0.15) is 5.56 Å². The number of rotatable bonds is 2. The van der Waals surface area contributed by atoms with Gasteiger partial charge in [-0.2, -0.15) is 0 Å². The molecule has 4 heteroatoms. The summed E-state index contributed by atoms with van der Waals surface area (Å²) in [5.74, 6) is 0. The number of fused-ring (bicyclic) bond motifs is 1. The van der Waals surface area contributed by atoms with E-state index in [0.29, 0.717) is 0 Å². The zero-order valence-electron chi connectivity index (χ0n) is 9.05. The van der Waals surface area contributed by atoms with E-state index in [1.807, 2.05) is 30.5 Å². The van der Waals surface area contributed by atoms with Crippen molar-refractivity contribution in [3.63, 3.8) is 0 Å². The molecule has 0 unspecified atom stereocenters. The highest BCUT2D eigenvalue weighted by Crippen LogP contribution is 2.20. The van der Waals surface area contributed by atoms with Gasteiger partial charge in [0.1, 0.15) is 0 Å². The maximum Gasteiger partial charge on any atom is 0.178 e. The van der Waals surface area contributed by atoms with E-state index in [4.69, 9.17) is 0 Å². The van der Waals surface area contributed by atoms with Crippen LogP contribution in [0.5, 0.6) is 0 Å². The minimum absolute atomic E-state index is 0.795. The van der Waals surface area contributed by atoms with E-state index < -0.39 is 0 Å². The third kappa shape index (κ3) is 1.96. The molecule has 0 saturated carbocycles. The Kier molecular flexibility index (Phi) is 2.65. The van der Waals surface area contributed by atoms with Crippen LogP contribution in [0.15, 0.2) is 53.5 Å². The summed E-state index contributed by atoms with van der Waals surface area (Å²) in [6.07, 6.45) is 3.60. The second-order valence-electron chi connectivity index (χ2n) is 3.82. The van der Waals surface area contributed by atoms with E-state index in [9.17, 15) is 0 Å². The molecule has 3 nitrogen and oxygen atoms in total. The van der Waals surface area contributed by atoms with Gasteiger partial charge in [0.25, 0.3) is 0 Å². The van der Waals surface area contributed by atoms with Gasteiger partial charge in [-0.15, -0.1) is 0 Å². The molecular weight excluding hydrogens is 278 g/mol. The monoisotopic (exact) mass is 287 g/mol. The maximum atomic E-state index is 4.45. The lowest BCUT2D eigenvalue weighted by atomic mass is 10.2. The van der Waals surface area contributed by atoms with Crippen molar-refractivity contribution < 1.29 is 0 Å². The fraction of sp³-hybridized carbons (Fsp3) is 0.0769. The molecule has 3 rings (SSSR count). The van der Waals surface area contributed by atoms with Crippen molar-refractivity contribution in [2.45, 2.75) is 6.54 Å². The van der Waals surface area contributed by atoms with Gasteiger partial charge in [0.15, 0.2) is 4.73 Å². The number of imidazole rings is 1. The van der Waals surface area contributed by atoms with Crippen molar-refractivity contribution in [2.75, 3.05) is 0 Å². The predicted molar refractivity (Wildman–Crippen MR) is 70.8 cm³/mol. The summed E-state index contributed by atoms with van der Waals surface area (Å²) in [6, 6.07) is 12.2. The van der Waals surface area contributed by atoms with Crippen molar-refractivity contribution in [2.24, 2.45) is 0 Å². The number of pyridine rings is 1. The van der Waals surface area contributed by atoms with E-state index in [2.05, 4.69) is 42.6 Å². The van der Waals surface area contributed by atoms with Gasteiger partial charge in [-0.3, -0.25) is 4.98 Å². The van der Waals surface area contributed by atoms with Crippen molar-refractivity contribution in [3.05, 3.63) is 59.1 Å². The molecule has 0 aliphatic heterocycles. The van der Waals surface area contributed by atoms with Crippen molar-refractivity contribution >= 4 is 27.0 Å². The number of hydrogen-bond donors (Lipinski definition) is 0.